The summed E-state index contributed by atoms with van der Waals surface area (Å²) in [6.07, 6.45) is -0.140. The van der Waals surface area contributed by atoms with Crippen LogP contribution in [0.25, 0.3) is 5.69 Å². The molecule has 0 spiro atoms. The summed E-state index contributed by atoms with van der Waals surface area (Å²) < 4.78 is 7.87. The van der Waals surface area contributed by atoms with Crippen LogP contribution in [0.1, 0.15) is 28.9 Å². The fourth-order valence-corrected chi connectivity index (χ4v) is 3.39. The van der Waals surface area contributed by atoms with Crippen LogP contribution in [0.3, 0.4) is 0 Å². The Labute approximate surface area is 152 Å². The number of rotatable bonds is 4. The van der Waals surface area contributed by atoms with Crippen molar-refractivity contribution in [2.45, 2.75) is 26.5 Å². The molecule has 8 nitrogen and oxygen atoms in total. The van der Waals surface area contributed by atoms with E-state index < -0.39 is 0 Å². The van der Waals surface area contributed by atoms with Crippen molar-refractivity contribution in [3.05, 3.63) is 53.1 Å². The summed E-state index contributed by atoms with van der Waals surface area (Å²) in [7, 11) is 1.77. The van der Waals surface area contributed by atoms with Gasteiger partial charge in [-0.15, -0.1) is 10.2 Å². The highest BCUT2D eigenvalue weighted by atomic mass is 16.5. The van der Waals surface area contributed by atoms with Crippen LogP contribution in [0.4, 0.5) is 0 Å². The van der Waals surface area contributed by atoms with Gasteiger partial charge in [-0.05, 0) is 36.8 Å². The normalized spacial score (nSPS) is 18.3. The molecule has 1 atom stereocenters. The Bertz CT molecular complexity index is 901. The highest BCUT2D eigenvalue weighted by molar-refractivity contribution is 5.42. The quantitative estimate of drug-likeness (QED) is 0.709. The number of morpholine rings is 1. The molecule has 0 amide bonds. The van der Waals surface area contributed by atoms with E-state index in [1.165, 1.54) is 10.4 Å². The van der Waals surface area contributed by atoms with Gasteiger partial charge in [0.2, 0.25) is 5.82 Å². The molecule has 8 heteroatoms. The summed E-state index contributed by atoms with van der Waals surface area (Å²) >= 11 is 0. The minimum atomic E-state index is -0.140. The van der Waals surface area contributed by atoms with Crippen molar-refractivity contribution in [3.63, 3.8) is 0 Å². The first-order valence-corrected chi connectivity index (χ1v) is 8.79. The van der Waals surface area contributed by atoms with Crippen LogP contribution in [0, 0.1) is 13.8 Å². The highest BCUT2D eigenvalue weighted by Gasteiger charge is 2.26. The molecule has 1 fully saturated rings. The van der Waals surface area contributed by atoms with Crippen molar-refractivity contribution in [2.75, 3.05) is 19.7 Å². The molecule has 1 unspecified atom stereocenters. The zero-order valence-corrected chi connectivity index (χ0v) is 15.3. The van der Waals surface area contributed by atoms with Gasteiger partial charge in [-0.3, -0.25) is 4.90 Å². The molecule has 1 aliphatic rings. The van der Waals surface area contributed by atoms with Crippen molar-refractivity contribution in [1.82, 2.24) is 34.9 Å². The van der Waals surface area contributed by atoms with Gasteiger partial charge < -0.3 is 4.74 Å². The van der Waals surface area contributed by atoms with Crippen LogP contribution in [-0.2, 0) is 18.3 Å². The molecule has 2 aromatic heterocycles. The largest absolute Gasteiger partial charge is 0.367 e. The van der Waals surface area contributed by atoms with Gasteiger partial charge in [-0.25, -0.2) is 4.68 Å². The Morgan fingerprint density at radius 1 is 1.19 bits per heavy atom. The molecule has 4 rings (SSSR count). The van der Waals surface area contributed by atoms with E-state index in [1.54, 1.807) is 7.05 Å². The first-order chi connectivity index (χ1) is 12.6. The van der Waals surface area contributed by atoms with Gasteiger partial charge in [0.15, 0.2) is 0 Å². The lowest BCUT2D eigenvalue weighted by molar-refractivity contribution is -0.0373. The molecule has 0 saturated carbocycles. The van der Waals surface area contributed by atoms with Crippen molar-refractivity contribution >= 4 is 0 Å². The van der Waals surface area contributed by atoms with Gasteiger partial charge in [-0.1, -0.05) is 18.2 Å². The fourth-order valence-electron chi connectivity index (χ4n) is 3.39. The van der Waals surface area contributed by atoms with Crippen molar-refractivity contribution in [3.8, 4) is 5.69 Å². The number of nitrogens with zero attached hydrogens (tertiary/aromatic N) is 7. The standard InChI is InChI=1S/C18H23N7O/c1-13-10-14(2)25(20-13)16-7-5-4-6-15(16)11-24-8-9-26-17(12-24)18-19-22-23(3)21-18/h4-7,10,17H,8-9,11-12H2,1-3H3. The number of hydrogen-bond donors (Lipinski definition) is 0. The van der Waals surface area contributed by atoms with Gasteiger partial charge >= 0.3 is 0 Å². The molecule has 0 N–H and O–H groups in total. The van der Waals surface area contributed by atoms with Crippen LogP contribution < -0.4 is 0 Å². The number of benzene rings is 1. The third kappa shape index (κ3) is 3.38. The van der Waals surface area contributed by atoms with Crippen molar-refractivity contribution in [2.24, 2.45) is 7.05 Å². The smallest absolute Gasteiger partial charge is 0.204 e. The van der Waals surface area contributed by atoms with Crippen LogP contribution in [0.15, 0.2) is 30.3 Å². The summed E-state index contributed by atoms with van der Waals surface area (Å²) in [5.74, 6) is 0.643. The molecular weight excluding hydrogens is 330 g/mol. The molecule has 3 heterocycles. The third-order valence-corrected chi connectivity index (χ3v) is 4.59. The summed E-state index contributed by atoms with van der Waals surface area (Å²) in [4.78, 5) is 3.84. The second kappa shape index (κ2) is 6.97. The molecule has 26 heavy (non-hydrogen) atoms. The Kier molecular flexibility index (Phi) is 4.52. The van der Waals surface area contributed by atoms with E-state index >= 15 is 0 Å². The second-order valence-corrected chi connectivity index (χ2v) is 6.70. The Hall–Kier alpha value is -2.58. The first kappa shape index (κ1) is 16.9. The SMILES string of the molecule is Cc1cc(C)n(-c2ccccc2CN2CCOC(c3nnn(C)n3)C2)n1. The molecular formula is C18H23N7O. The molecule has 1 saturated heterocycles. The van der Waals surface area contributed by atoms with E-state index in [0.717, 1.165) is 36.7 Å². The predicted molar refractivity (Wildman–Crippen MR) is 95.8 cm³/mol. The second-order valence-electron chi connectivity index (χ2n) is 6.70. The van der Waals surface area contributed by atoms with Gasteiger partial charge in [-0.2, -0.15) is 9.90 Å². The first-order valence-electron chi connectivity index (χ1n) is 8.79. The van der Waals surface area contributed by atoms with E-state index in [0.29, 0.717) is 12.4 Å². The van der Waals surface area contributed by atoms with Gasteiger partial charge in [0.1, 0.15) is 6.10 Å². The lowest BCUT2D eigenvalue weighted by atomic mass is 10.1. The number of aryl methyl sites for hydroxylation is 3. The fraction of sp³-hybridized carbons (Fsp3) is 0.444. The third-order valence-electron chi connectivity index (χ3n) is 4.59. The lowest BCUT2D eigenvalue weighted by Gasteiger charge is -2.31. The Morgan fingerprint density at radius 3 is 2.77 bits per heavy atom. The monoisotopic (exact) mass is 353 g/mol. The molecule has 136 valence electrons. The molecule has 0 aliphatic carbocycles. The number of para-hydroxylation sites is 1. The van der Waals surface area contributed by atoms with Gasteiger partial charge in [0.05, 0.1) is 25.0 Å². The lowest BCUT2D eigenvalue weighted by Crippen LogP contribution is -2.38. The maximum Gasteiger partial charge on any atom is 0.204 e. The van der Waals surface area contributed by atoms with Crippen LogP contribution in [-0.4, -0.2) is 54.6 Å². The van der Waals surface area contributed by atoms with Crippen molar-refractivity contribution < 1.29 is 4.74 Å². The van der Waals surface area contributed by atoms with Crippen LogP contribution in [0.5, 0.6) is 0 Å². The van der Waals surface area contributed by atoms with E-state index in [-0.39, 0.29) is 6.10 Å². The minimum Gasteiger partial charge on any atom is -0.367 e. The van der Waals surface area contributed by atoms with Gasteiger partial charge in [0.25, 0.3) is 0 Å². The number of tetrazole rings is 1. The molecule has 1 aromatic carbocycles. The highest BCUT2D eigenvalue weighted by Crippen LogP contribution is 2.23. The summed E-state index contributed by atoms with van der Waals surface area (Å²) in [6.45, 7) is 7.22. The summed E-state index contributed by atoms with van der Waals surface area (Å²) in [5.41, 5.74) is 4.53. The van der Waals surface area contributed by atoms with Crippen molar-refractivity contribution in [1.29, 1.82) is 0 Å². The van der Waals surface area contributed by atoms with Crippen LogP contribution in [0.2, 0.25) is 0 Å². The maximum absolute atomic E-state index is 5.85. The zero-order chi connectivity index (χ0) is 18.1. The Morgan fingerprint density at radius 2 is 2.04 bits per heavy atom. The predicted octanol–water partition coefficient (Wildman–Crippen LogP) is 1.59. The number of ether oxygens (including phenoxy) is 1. The minimum absolute atomic E-state index is 0.140. The molecule has 0 bridgehead atoms. The molecule has 3 aromatic rings. The van der Waals surface area contributed by atoms with E-state index in [4.69, 9.17) is 4.74 Å². The van der Waals surface area contributed by atoms with Crippen LogP contribution >= 0.6 is 0 Å². The average molecular weight is 353 g/mol. The Balaban J connectivity index is 1.55. The van der Waals surface area contributed by atoms with Gasteiger partial charge in [0, 0.05) is 25.3 Å². The van der Waals surface area contributed by atoms with E-state index in [9.17, 15) is 0 Å². The summed E-state index contributed by atoms with van der Waals surface area (Å²) in [5, 5.41) is 16.9. The zero-order valence-electron chi connectivity index (χ0n) is 15.3. The maximum atomic E-state index is 5.85. The van der Waals surface area contributed by atoms with E-state index in [2.05, 4.69) is 62.7 Å². The summed E-state index contributed by atoms with van der Waals surface area (Å²) in [6, 6.07) is 10.5. The molecule has 1 aliphatic heterocycles. The number of hydrogen-bond acceptors (Lipinski definition) is 6. The molecule has 0 radical (unpaired) electrons. The topological polar surface area (TPSA) is 73.9 Å². The van der Waals surface area contributed by atoms with E-state index in [1.807, 2.05) is 11.6 Å². The average Bonchev–Trinajstić information content (AvgIpc) is 3.21. The number of aromatic nitrogens is 6.